The normalized spacial score (nSPS) is 11.0. The predicted molar refractivity (Wildman–Crippen MR) is 106 cm³/mol. The zero-order chi connectivity index (χ0) is 19.8. The lowest BCUT2D eigenvalue weighted by Gasteiger charge is -2.11. The fourth-order valence-corrected chi connectivity index (χ4v) is 2.45. The molecule has 0 unspecified atom stereocenters. The molecule has 0 radical (unpaired) electrons. The lowest BCUT2D eigenvalue weighted by Crippen LogP contribution is -2.13. The van der Waals surface area contributed by atoms with Gasteiger partial charge in [-0.15, -0.1) is 6.58 Å². The monoisotopic (exact) mass is 362 g/mol. The van der Waals surface area contributed by atoms with Gasteiger partial charge in [0.25, 0.3) is 5.91 Å². The van der Waals surface area contributed by atoms with Crippen molar-refractivity contribution in [2.45, 2.75) is 26.4 Å². The van der Waals surface area contributed by atoms with E-state index in [2.05, 4.69) is 11.9 Å². The second-order valence-electron chi connectivity index (χ2n) is 6.20. The van der Waals surface area contributed by atoms with Crippen LogP contribution in [0.3, 0.4) is 0 Å². The first-order chi connectivity index (χ1) is 12.9. The summed E-state index contributed by atoms with van der Waals surface area (Å²) < 4.78 is 5.60. The van der Waals surface area contributed by atoms with E-state index in [4.69, 9.17) is 4.74 Å². The standard InChI is InChI=1S/C22H22N2O3/c1-4-6-17-11-16(9-10-21(17)25)12-18(14-23)22(26)24-19-7-5-8-20(13-19)27-15(2)3/h4-5,7-13,15,25H,1,6H2,2-3H3,(H,24,26)/b18-12-. The van der Waals surface area contributed by atoms with Gasteiger partial charge in [0.1, 0.15) is 23.1 Å². The van der Waals surface area contributed by atoms with Crippen molar-refractivity contribution >= 4 is 17.7 Å². The van der Waals surface area contributed by atoms with E-state index >= 15 is 0 Å². The number of hydrogen-bond donors (Lipinski definition) is 2. The number of nitriles is 1. The first-order valence-electron chi connectivity index (χ1n) is 8.55. The highest BCUT2D eigenvalue weighted by atomic mass is 16.5. The average Bonchev–Trinajstić information content (AvgIpc) is 2.62. The van der Waals surface area contributed by atoms with Crippen molar-refractivity contribution in [2.75, 3.05) is 5.32 Å². The van der Waals surface area contributed by atoms with Crippen LogP contribution in [0.4, 0.5) is 5.69 Å². The second-order valence-corrected chi connectivity index (χ2v) is 6.20. The smallest absolute Gasteiger partial charge is 0.266 e. The number of hydrogen-bond acceptors (Lipinski definition) is 4. The molecular formula is C22H22N2O3. The number of phenols is 1. The summed E-state index contributed by atoms with van der Waals surface area (Å²) in [6.07, 6.45) is 3.66. The number of carbonyl (C=O) groups excluding carboxylic acids is 1. The largest absolute Gasteiger partial charge is 0.508 e. The van der Waals surface area contributed by atoms with E-state index in [0.29, 0.717) is 29.0 Å². The van der Waals surface area contributed by atoms with Gasteiger partial charge in [0.2, 0.25) is 0 Å². The number of phenolic OH excluding ortho intramolecular Hbond substituents is 1. The molecule has 138 valence electrons. The third-order valence-corrected chi connectivity index (χ3v) is 3.61. The first-order valence-corrected chi connectivity index (χ1v) is 8.55. The molecule has 0 heterocycles. The molecule has 1 amide bonds. The van der Waals surface area contributed by atoms with Crippen LogP contribution in [0.2, 0.25) is 0 Å². The van der Waals surface area contributed by atoms with Gasteiger partial charge in [-0.2, -0.15) is 5.26 Å². The summed E-state index contributed by atoms with van der Waals surface area (Å²) in [5.41, 5.74) is 1.82. The number of nitrogens with zero attached hydrogens (tertiary/aromatic N) is 1. The molecule has 0 aliphatic rings. The number of benzene rings is 2. The Morgan fingerprint density at radius 2 is 2.11 bits per heavy atom. The van der Waals surface area contributed by atoms with Gasteiger partial charge >= 0.3 is 0 Å². The number of aromatic hydroxyl groups is 1. The van der Waals surface area contributed by atoms with Gasteiger partial charge in [-0.1, -0.05) is 18.2 Å². The third-order valence-electron chi connectivity index (χ3n) is 3.61. The van der Waals surface area contributed by atoms with Crippen molar-refractivity contribution < 1.29 is 14.6 Å². The second kappa shape index (κ2) is 9.25. The maximum absolute atomic E-state index is 12.5. The predicted octanol–water partition coefficient (Wildman–Crippen LogP) is 4.45. The molecule has 2 N–H and O–H groups in total. The summed E-state index contributed by atoms with van der Waals surface area (Å²) in [6.45, 7) is 7.48. The fourth-order valence-electron chi connectivity index (χ4n) is 2.45. The van der Waals surface area contributed by atoms with Crippen LogP contribution in [-0.2, 0) is 11.2 Å². The number of amides is 1. The number of ether oxygens (including phenoxy) is 1. The summed E-state index contributed by atoms with van der Waals surface area (Å²) in [5, 5.41) is 21.9. The molecule has 27 heavy (non-hydrogen) atoms. The summed E-state index contributed by atoms with van der Waals surface area (Å²) in [4.78, 5) is 12.5. The van der Waals surface area contributed by atoms with E-state index in [1.807, 2.05) is 19.9 Å². The Balaban J connectivity index is 2.21. The third kappa shape index (κ3) is 5.75. The molecule has 0 aliphatic carbocycles. The Labute approximate surface area is 159 Å². The van der Waals surface area contributed by atoms with Gasteiger partial charge in [0.15, 0.2) is 0 Å². The van der Waals surface area contributed by atoms with Gasteiger partial charge < -0.3 is 15.2 Å². The van der Waals surface area contributed by atoms with Crippen LogP contribution in [-0.4, -0.2) is 17.1 Å². The molecule has 0 spiro atoms. The minimum absolute atomic E-state index is 0.0183. The summed E-state index contributed by atoms with van der Waals surface area (Å²) in [7, 11) is 0. The topological polar surface area (TPSA) is 82.4 Å². The molecule has 5 heteroatoms. The molecule has 0 aromatic heterocycles. The van der Waals surface area contributed by atoms with Crippen molar-refractivity contribution in [3.05, 3.63) is 71.8 Å². The van der Waals surface area contributed by atoms with Crippen LogP contribution in [0.5, 0.6) is 11.5 Å². The van der Waals surface area contributed by atoms with Crippen molar-refractivity contribution in [1.82, 2.24) is 0 Å². The van der Waals surface area contributed by atoms with E-state index in [1.54, 1.807) is 42.5 Å². The maximum Gasteiger partial charge on any atom is 0.266 e. The van der Waals surface area contributed by atoms with E-state index in [-0.39, 0.29) is 17.4 Å². The Morgan fingerprint density at radius 1 is 1.33 bits per heavy atom. The van der Waals surface area contributed by atoms with Crippen molar-refractivity contribution in [3.63, 3.8) is 0 Å². The number of nitrogens with one attached hydrogen (secondary N) is 1. The summed E-state index contributed by atoms with van der Waals surface area (Å²) in [6, 6.07) is 13.8. The highest BCUT2D eigenvalue weighted by molar-refractivity contribution is 6.09. The van der Waals surface area contributed by atoms with Crippen LogP contribution < -0.4 is 10.1 Å². The van der Waals surface area contributed by atoms with Crippen molar-refractivity contribution in [2.24, 2.45) is 0 Å². The molecule has 0 fully saturated rings. The minimum atomic E-state index is -0.516. The molecule has 0 atom stereocenters. The van der Waals surface area contributed by atoms with E-state index in [9.17, 15) is 15.2 Å². The summed E-state index contributed by atoms with van der Waals surface area (Å²) >= 11 is 0. The van der Waals surface area contributed by atoms with Gasteiger partial charge in [0.05, 0.1) is 6.10 Å². The number of allylic oxidation sites excluding steroid dienone is 1. The molecule has 2 aromatic carbocycles. The van der Waals surface area contributed by atoms with Crippen molar-refractivity contribution in [1.29, 1.82) is 5.26 Å². The Morgan fingerprint density at radius 3 is 2.78 bits per heavy atom. The summed E-state index contributed by atoms with van der Waals surface area (Å²) in [5.74, 6) is 0.271. The van der Waals surface area contributed by atoms with E-state index < -0.39 is 5.91 Å². The lowest BCUT2D eigenvalue weighted by atomic mass is 10.0. The van der Waals surface area contributed by atoms with Crippen LogP contribution in [0.1, 0.15) is 25.0 Å². The quantitative estimate of drug-likeness (QED) is 0.433. The Hall–Kier alpha value is -3.52. The maximum atomic E-state index is 12.5. The van der Waals surface area contributed by atoms with Gasteiger partial charge in [-0.3, -0.25) is 4.79 Å². The molecule has 5 nitrogen and oxygen atoms in total. The molecular weight excluding hydrogens is 340 g/mol. The highest BCUT2D eigenvalue weighted by Gasteiger charge is 2.11. The molecule has 0 bridgehead atoms. The zero-order valence-electron chi connectivity index (χ0n) is 15.4. The number of anilines is 1. The SMILES string of the molecule is C=CCc1cc(/C=C(/C#N)C(=O)Nc2cccc(OC(C)C)c2)ccc1O. The zero-order valence-corrected chi connectivity index (χ0v) is 15.4. The van der Waals surface area contributed by atoms with Crippen LogP contribution in [0.15, 0.2) is 60.7 Å². The molecule has 2 aromatic rings. The molecule has 0 aliphatic heterocycles. The Bertz CT molecular complexity index is 908. The van der Waals surface area contributed by atoms with E-state index in [1.165, 1.54) is 12.1 Å². The van der Waals surface area contributed by atoms with Gasteiger partial charge in [-0.25, -0.2) is 0 Å². The number of carbonyl (C=O) groups is 1. The fraction of sp³-hybridized carbons (Fsp3) is 0.182. The Kier molecular flexibility index (Phi) is 6.79. The number of rotatable bonds is 7. The van der Waals surface area contributed by atoms with E-state index in [0.717, 1.165) is 0 Å². The lowest BCUT2D eigenvalue weighted by molar-refractivity contribution is -0.112. The van der Waals surface area contributed by atoms with Crippen molar-refractivity contribution in [3.8, 4) is 17.6 Å². The highest BCUT2D eigenvalue weighted by Crippen LogP contribution is 2.22. The van der Waals surface area contributed by atoms with Crippen LogP contribution in [0, 0.1) is 11.3 Å². The first kappa shape index (κ1) is 19.8. The van der Waals surface area contributed by atoms with Gasteiger partial charge in [-0.05, 0) is 61.7 Å². The molecule has 2 rings (SSSR count). The van der Waals surface area contributed by atoms with Gasteiger partial charge in [0, 0.05) is 11.8 Å². The average molecular weight is 362 g/mol. The molecule has 0 saturated heterocycles. The minimum Gasteiger partial charge on any atom is -0.508 e. The van der Waals surface area contributed by atoms with Crippen LogP contribution >= 0.6 is 0 Å². The van der Waals surface area contributed by atoms with Crippen LogP contribution in [0.25, 0.3) is 6.08 Å². The molecule has 0 saturated carbocycles.